The largest absolute Gasteiger partial charge is 0.472 e. The van der Waals surface area contributed by atoms with Crippen LogP contribution in [0.3, 0.4) is 0 Å². The number of hydrogen-bond acceptors (Lipinski definition) is 4. The molecule has 0 unspecified atom stereocenters. The molecule has 5 heteroatoms. The molecule has 2 aromatic rings. The van der Waals surface area contributed by atoms with Gasteiger partial charge in [-0.05, 0) is 21.5 Å². The van der Waals surface area contributed by atoms with E-state index in [0.29, 0.717) is 22.8 Å². The molecule has 0 saturated carbocycles. The highest BCUT2D eigenvalue weighted by molar-refractivity contribution is 9.10. The lowest BCUT2D eigenvalue weighted by atomic mass is 10.2. The second-order valence-electron chi connectivity index (χ2n) is 3.15. The summed E-state index contributed by atoms with van der Waals surface area (Å²) in [7, 11) is 0. The minimum atomic E-state index is 0.373. The maximum Gasteiger partial charge on any atom is 0.233 e. The van der Waals surface area contributed by atoms with E-state index in [1.54, 1.807) is 0 Å². The zero-order valence-electron chi connectivity index (χ0n) is 8.43. The number of nitrogens with zero attached hydrogens (tertiary/aromatic N) is 2. The summed E-state index contributed by atoms with van der Waals surface area (Å²) < 4.78 is 6.11. The van der Waals surface area contributed by atoms with Crippen LogP contribution in [0.25, 0.3) is 0 Å². The van der Waals surface area contributed by atoms with E-state index in [2.05, 4.69) is 25.9 Å². The standard InChI is InChI=1S/C11H10BrN3O/c12-9-10(13)14-7-15-11(9)16-6-8-4-2-1-3-5-8/h1-5,7H,6H2,(H2,13,14,15). The second kappa shape index (κ2) is 4.94. The van der Waals surface area contributed by atoms with Gasteiger partial charge in [-0.25, -0.2) is 9.97 Å². The summed E-state index contributed by atoms with van der Waals surface area (Å²) >= 11 is 3.28. The topological polar surface area (TPSA) is 61.0 Å². The van der Waals surface area contributed by atoms with Gasteiger partial charge in [-0.15, -0.1) is 0 Å². The van der Waals surface area contributed by atoms with Gasteiger partial charge in [0.25, 0.3) is 0 Å². The molecule has 16 heavy (non-hydrogen) atoms. The number of aromatic nitrogens is 2. The highest BCUT2D eigenvalue weighted by atomic mass is 79.9. The molecule has 0 aliphatic rings. The van der Waals surface area contributed by atoms with Gasteiger partial charge in [-0.1, -0.05) is 30.3 Å². The third kappa shape index (κ3) is 2.49. The summed E-state index contributed by atoms with van der Waals surface area (Å²) in [5.41, 5.74) is 6.69. The van der Waals surface area contributed by atoms with Gasteiger partial charge in [0.05, 0.1) is 0 Å². The van der Waals surface area contributed by atoms with Crippen LogP contribution in [0, 0.1) is 0 Å². The van der Waals surface area contributed by atoms with Crippen LogP contribution in [0.4, 0.5) is 5.82 Å². The van der Waals surface area contributed by atoms with Crippen LogP contribution < -0.4 is 10.5 Å². The quantitative estimate of drug-likeness (QED) is 0.937. The lowest BCUT2D eigenvalue weighted by molar-refractivity contribution is 0.291. The van der Waals surface area contributed by atoms with Gasteiger partial charge in [0.2, 0.25) is 5.88 Å². The normalized spacial score (nSPS) is 10.1. The Morgan fingerprint density at radius 1 is 1.19 bits per heavy atom. The van der Waals surface area contributed by atoms with Crippen molar-refractivity contribution in [2.24, 2.45) is 0 Å². The number of nitrogens with two attached hydrogens (primary N) is 1. The molecule has 0 aliphatic carbocycles. The van der Waals surface area contributed by atoms with E-state index in [1.165, 1.54) is 6.33 Å². The van der Waals surface area contributed by atoms with Gasteiger partial charge in [0, 0.05) is 0 Å². The van der Waals surface area contributed by atoms with Crippen molar-refractivity contribution in [3.8, 4) is 5.88 Å². The molecule has 0 fully saturated rings. The van der Waals surface area contributed by atoms with Crippen molar-refractivity contribution in [3.05, 3.63) is 46.7 Å². The van der Waals surface area contributed by atoms with Crippen molar-refractivity contribution in [2.75, 3.05) is 5.73 Å². The van der Waals surface area contributed by atoms with Crippen molar-refractivity contribution in [3.63, 3.8) is 0 Å². The lowest BCUT2D eigenvalue weighted by Crippen LogP contribution is -2.01. The third-order valence-electron chi connectivity index (χ3n) is 2.00. The predicted molar refractivity (Wildman–Crippen MR) is 64.9 cm³/mol. The summed E-state index contributed by atoms with van der Waals surface area (Å²) in [5.74, 6) is 0.828. The summed E-state index contributed by atoms with van der Waals surface area (Å²) in [6.45, 7) is 0.454. The number of hydrogen-bond donors (Lipinski definition) is 1. The lowest BCUT2D eigenvalue weighted by Gasteiger charge is -2.07. The summed E-state index contributed by atoms with van der Waals surface area (Å²) in [6, 6.07) is 9.85. The van der Waals surface area contributed by atoms with Gasteiger partial charge in [-0.2, -0.15) is 0 Å². The van der Waals surface area contributed by atoms with Crippen molar-refractivity contribution in [2.45, 2.75) is 6.61 Å². The fourth-order valence-electron chi connectivity index (χ4n) is 1.19. The molecule has 4 nitrogen and oxygen atoms in total. The zero-order chi connectivity index (χ0) is 11.4. The van der Waals surface area contributed by atoms with E-state index in [0.717, 1.165) is 5.56 Å². The van der Waals surface area contributed by atoms with Crippen LogP contribution in [0.15, 0.2) is 41.1 Å². The molecule has 0 radical (unpaired) electrons. The maximum atomic E-state index is 5.61. The Morgan fingerprint density at radius 3 is 2.69 bits per heavy atom. The Morgan fingerprint density at radius 2 is 1.94 bits per heavy atom. The molecule has 0 saturated heterocycles. The molecule has 82 valence electrons. The first-order valence-corrected chi connectivity index (χ1v) is 5.49. The maximum absolute atomic E-state index is 5.61. The molecule has 1 aromatic carbocycles. The van der Waals surface area contributed by atoms with E-state index in [-0.39, 0.29) is 0 Å². The molecule has 2 N–H and O–H groups in total. The summed E-state index contributed by atoms with van der Waals surface area (Å²) in [4.78, 5) is 7.83. The first-order valence-electron chi connectivity index (χ1n) is 4.70. The predicted octanol–water partition coefficient (Wildman–Crippen LogP) is 2.40. The molecule has 1 heterocycles. The number of anilines is 1. The summed E-state index contributed by atoms with van der Waals surface area (Å²) in [6.07, 6.45) is 1.38. The van der Waals surface area contributed by atoms with Crippen molar-refractivity contribution < 1.29 is 4.74 Å². The molecular weight excluding hydrogens is 270 g/mol. The Labute approximate surface area is 102 Å². The van der Waals surface area contributed by atoms with Gasteiger partial charge in [-0.3, -0.25) is 0 Å². The van der Waals surface area contributed by atoms with Crippen LogP contribution >= 0.6 is 15.9 Å². The second-order valence-corrected chi connectivity index (χ2v) is 3.95. The molecular formula is C11H10BrN3O. The van der Waals surface area contributed by atoms with E-state index in [1.807, 2.05) is 30.3 Å². The van der Waals surface area contributed by atoms with E-state index in [9.17, 15) is 0 Å². The number of halogens is 1. The molecule has 2 rings (SSSR count). The molecule has 0 aliphatic heterocycles. The SMILES string of the molecule is Nc1ncnc(OCc2ccccc2)c1Br. The van der Waals surface area contributed by atoms with Gasteiger partial charge >= 0.3 is 0 Å². The average molecular weight is 280 g/mol. The molecule has 0 atom stereocenters. The summed E-state index contributed by atoms with van der Waals surface area (Å²) in [5, 5.41) is 0. The molecule has 0 bridgehead atoms. The van der Waals surface area contributed by atoms with Crippen LogP contribution in [0.5, 0.6) is 5.88 Å². The molecule has 1 aromatic heterocycles. The third-order valence-corrected chi connectivity index (χ3v) is 2.75. The minimum absolute atomic E-state index is 0.373. The Bertz CT molecular complexity index is 476. The van der Waals surface area contributed by atoms with Gasteiger partial charge in [0.1, 0.15) is 23.2 Å². The zero-order valence-corrected chi connectivity index (χ0v) is 10.0. The Kier molecular flexibility index (Phi) is 3.36. The van der Waals surface area contributed by atoms with Gasteiger partial charge < -0.3 is 10.5 Å². The van der Waals surface area contributed by atoms with Crippen LogP contribution in [-0.4, -0.2) is 9.97 Å². The highest BCUT2D eigenvalue weighted by Gasteiger charge is 2.06. The smallest absolute Gasteiger partial charge is 0.233 e. The van der Waals surface area contributed by atoms with Crippen LogP contribution in [0.2, 0.25) is 0 Å². The number of benzene rings is 1. The van der Waals surface area contributed by atoms with E-state index >= 15 is 0 Å². The average Bonchev–Trinajstić information content (AvgIpc) is 2.32. The fourth-order valence-corrected chi connectivity index (χ4v) is 1.51. The highest BCUT2D eigenvalue weighted by Crippen LogP contribution is 2.26. The minimum Gasteiger partial charge on any atom is -0.472 e. The molecule has 0 spiro atoms. The van der Waals surface area contributed by atoms with E-state index in [4.69, 9.17) is 10.5 Å². The first kappa shape index (κ1) is 10.9. The van der Waals surface area contributed by atoms with Crippen LogP contribution in [-0.2, 0) is 6.61 Å². The van der Waals surface area contributed by atoms with E-state index < -0.39 is 0 Å². The van der Waals surface area contributed by atoms with Crippen molar-refractivity contribution in [1.82, 2.24) is 9.97 Å². The Hall–Kier alpha value is -1.62. The fraction of sp³-hybridized carbons (Fsp3) is 0.0909. The van der Waals surface area contributed by atoms with Crippen LogP contribution in [0.1, 0.15) is 5.56 Å². The molecule has 0 amide bonds. The first-order chi connectivity index (χ1) is 7.77. The number of rotatable bonds is 3. The van der Waals surface area contributed by atoms with Gasteiger partial charge in [0.15, 0.2) is 0 Å². The number of nitrogen functional groups attached to an aromatic ring is 1. The number of ether oxygens (including phenoxy) is 1. The van der Waals surface area contributed by atoms with Crippen molar-refractivity contribution in [1.29, 1.82) is 0 Å². The Balaban J connectivity index is 2.08. The van der Waals surface area contributed by atoms with Crippen molar-refractivity contribution >= 4 is 21.7 Å². The monoisotopic (exact) mass is 279 g/mol.